The SMILES string of the molecule is CNC(=O)c1ccc(NCC#Cc2sc3c(NC4CCN(C)CC4)cccc3c2CC(F)(F)F)c(OC)c1. The first-order chi connectivity index (χ1) is 18.2. The first-order valence-corrected chi connectivity index (χ1v) is 13.2. The van der Waals surface area contributed by atoms with Crippen LogP contribution in [0.1, 0.15) is 33.6 Å². The number of nitrogens with one attached hydrogen (secondary N) is 3. The molecule has 0 spiro atoms. The van der Waals surface area contributed by atoms with Crippen LogP contribution in [0.15, 0.2) is 36.4 Å². The van der Waals surface area contributed by atoms with Crippen LogP contribution in [0.3, 0.4) is 0 Å². The summed E-state index contributed by atoms with van der Waals surface area (Å²) in [4.78, 5) is 14.6. The van der Waals surface area contributed by atoms with E-state index in [0.29, 0.717) is 27.3 Å². The second kappa shape index (κ2) is 12.0. The molecule has 1 aliphatic heterocycles. The first kappa shape index (κ1) is 27.6. The average Bonchev–Trinajstić information content (AvgIpc) is 3.24. The summed E-state index contributed by atoms with van der Waals surface area (Å²) in [7, 11) is 5.14. The van der Waals surface area contributed by atoms with Crippen molar-refractivity contribution >= 4 is 38.7 Å². The Kier molecular flexibility index (Phi) is 8.69. The quantitative estimate of drug-likeness (QED) is 0.351. The number of hydrogen-bond acceptors (Lipinski definition) is 6. The Morgan fingerprint density at radius 1 is 1.18 bits per heavy atom. The minimum Gasteiger partial charge on any atom is -0.495 e. The Labute approximate surface area is 224 Å². The number of fused-ring (bicyclic) bond motifs is 1. The van der Waals surface area contributed by atoms with Crippen LogP contribution >= 0.6 is 11.3 Å². The smallest absolute Gasteiger partial charge is 0.393 e. The van der Waals surface area contributed by atoms with E-state index in [2.05, 4.69) is 39.7 Å². The van der Waals surface area contributed by atoms with Gasteiger partial charge in [-0.3, -0.25) is 4.79 Å². The molecule has 1 saturated heterocycles. The summed E-state index contributed by atoms with van der Waals surface area (Å²) in [6.45, 7) is 2.16. The van der Waals surface area contributed by atoms with Gasteiger partial charge in [-0.25, -0.2) is 0 Å². The molecule has 0 aliphatic carbocycles. The second-order valence-corrected chi connectivity index (χ2v) is 10.3. The molecule has 202 valence electrons. The zero-order valence-electron chi connectivity index (χ0n) is 21.6. The van der Waals surface area contributed by atoms with Crippen LogP contribution in [-0.2, 0) is 6.42 Å². The molecule has 3 N–H and O–H groups in total. The summed E-state index contributed by atoms with van der Waals surface area (Å²) in [5.41, 5.74) is 2.15. The molecule has 0 unspecified atom stereocenters. The third-order valence-electron chi connectivity index (χ3n) is 6.53. The maximum Gasteiger partial charge on any atom is 0.393 e. The Hall–Kier alpha value is -3.42. The highest BCUT2D eigenvalue weighted by Gasteiger charge is 2.31. The Bertz CT molecular complexity index is 1350. The number of benzene rings is 2. The maximum atomic E-state index is 13.5. The Balaban J connectivity index is 1.58. The van der Waals surface area contributed by atoms with Gasteiger partial charge in [0.05, 0.1) is 41.0 Å². The van der Waals surface area contributed by atoms with Gasteiger partial charge in [0.15, 0.2) is 0 Å². The molecule has 6 nitrogen and oxygen atoms in total. The fraction of sp³-hybridized carbons (Fsp3) is 0.393. The number of halogens is 3. The summed E-state index contributed by atoms with van der Waals surface area (Å²) in [6.07, 6.45) is -3.41. The fourth-order valence-corrected chi connectivity index (χ4v) is 5.69. The van der Waals surface area contributed by atoms with Crippen LogP contribution in [0.25, 0.3) is 10.1 Å². The number of likely N-dealkylation sites (tertiary alicyclic amines) is 1. The monoisotopic (exact) mass is 544 g/mol. The number of ether oxygens (including phenoxy) is 1. The van der Waals surface area contributed by atoms with Gasteiger partial charge in [0, 0.05) is 18.7 Å². The molecule has 2 aromatic carbocycles. The number of piperidine rings is 1. The number of rotatable bonds is 7. The van der Waals surface area contributed by atoms with Crippen molar-refractivity contribution in [2.75, 3.05) is 51.5 Å². The molecule has 1 fully saturated rings. The molecule has 1 aliphatic rings. The zero-order valence-corrected chi connectivity index (χ0v) is 22.4. The molecule has 1 amide bonds. The van der Waals surface area contributed by atoms with Gasteiger partial charge in [-0.05, 0) is 68.2 Å². The first-order valence-electron chi connectivity index (χ1n) is 12.4. The second-order valence-electron chi connectivity index (χ2n) is 9.26. The molecule has 4 rings (SSSR count). The van der Waals surface area contributed by atoms with Crippen LogP contribution < -0.4 is 20.7 Å². The van der Waals surface area contributed by atoms with Crippen molar-refractivity contribution in [1.29, 1.82) is 0 Å². The summed E-state index contributed by atoms with van der Waals surface area (Å²) in [5, 5.41) is 9.84. The topological polar surface area (TPSA) is 65.6 Å². The van der Waals surface area contributed by atoms with Crippen LogP contribution in [-0.4, -0.2) is 63.9 Å². The highest BCUT2D eigenvalue weighted by atomic mass is 32.1. The number of carbonyl (C=O) groups is 1. The van der Waals surface area contributed by atoms with Gasteiger partial charge in [-0.1, -0.05) is 24.0 Å². The predicted octanol–water partition coefficient (Wildman–Crippen LogP) is 5.34. The van der Waals surface area contributed by atoms with Gasteiger partial charge in [0.2, 0.25) is 0 Å². The minimum atomic E-state index is -4.35. The summed E-state index contributed by atoms with van der Waals surface area (Å²) in [6, 6.07) is 10.7. The minimum absolute atomic E-state index is 0.191. The van der Waals surface area contributed by atoms with Crippen molar-refractivity contribution in [2.24, 2.45) is 0 Å². The molecule has 1 aromatic heterocycles. The number of amides is 1. The van der Waals surface area contributed by atoms with E-state index in [1.54, 1.807) is 37.4 Å². The van der Waals surface area contributed by atoms with Gasteiger partial charge in [0.1, 0.15) is 5.75 Å². The van der Waals surface area contributed by atoms with Crippen molar-refractivity contribution in [2.45, 2.75) is 31.5 Å². The Morgan fingerprint density at radius 3 is 2.63 bits per heavy atom. The molecule has 0 bridgehead atoms. The lowest BCUT2D eigenvalue weighted by molar-refractivity contribution is -0.126. The van der Waals surface area contributed by atoms with E-state index in [1.165, 1.54) is 18.4 Å². The van der Waals surface area contributed by atoms with Crippen molar-refractivity contribution in [1.82, 2.24) is 10.2 Å². The maximum absolute atomic E-state index is 13.5. The number of methoxy groups -OCH3 is 1. The number of thiophene rings is 1. The number of nitrogens with zero attached hydrogens (tertiary/aromatic N) is 1. The molecule has 2 heterocycles. The van der Waals surface area contributed by atoms with Crippen LogP contribution in [0.4, 0.5) is 24.5 Å². The van der Waals surface area contributed by atoms with E-state index in [4.69, 9.17) is 4.74 Å². The normalized spacial score (nSPS) is 14.6. The average molecular weight is 545 g/mol. The van der Waals surface area contributed by atoms with Crippen molar-refractivity contribution in [3.63, 3.8) is 0 Å². The standard InChI is InChI=1S/C28H31F3N4O2S/c1-32-27(36)18-9-10-22(24(16-18)37-3)33-13-5-8-25-21(17-28(29,30)31)20-6-4-7-23(26(20)38-25)34-19-11-14-35(2)15-12-19/h4,6-7,9-10,16,19,33-34H,11-15,17H2,1-3H3,(H,32,36). The lowest BCUT2D eigenvalue weighted by atomic mass is 10.0. The molecule has 0 radical (unpaired) electrons. The van der Waals surface area contributed by atoms with E-state index in [1.807, 2.05) is 6.07 Å². The van der Waals surface area contributed by atoms with Crippen LogP contribution in [0, 0.1) is 11.8 Å². The number of alkyl halides is 3. The summed E-state index contributed by atoms with van der Waals surface area (Å²) in [5.74, 6) is 6.17. The third-order valence-corrected chi connectivity index (χ3v) is 7.73. The van der Waals surface area contributed by atoms with Gasteiger partial charge in [-0.15, -0.1) is 11.3 Å². The van der Waals surface area contributed by atoms with Gasteiger partial charge in [0.25, 0.3) is 5.91 Å². The number of anilines is 2. The van der Waals surface area contributed by atoms with Gasteiger partial charge in [-0.2, -0.15) is 13.2 Å². The third kappa shape index (κ3) is 6.71. The van der Waals surface area contributed by atoms with E-state index >= 15 is 0 Å². The van der Waals surface area contributed by atoms with Crippen LogP contribution in [0.2, 0.25) is 0 Å². The molecule has 38 heavy (non-hydrogen) atoms. The molecular formula is C28H31F3N4O2S. The Morgan fingerprint density at radius 2 is 1.95 bits per heavy atom. The fourth-order valence-electron chi connectivity index (χ4n) is 4.52. The largest absolute Gasteiger partial charge is 0.495 e. The summed E-state index contributed by atoms with van der Waals surface area (Å²) < 4.78 is 46.7. The lowest BCUT2D eigenvalue weighted by Crippen LogP contribution is -2.36. The van der Waals surface area contributed by atoms with Gasteiger partial charge >= 0.3 is 6.18 Å². The molecule has 0 saturated carbocycles. The van der Waals surface area contributed by atoms with E-state index in [-0.39, 0.29) is 24.1 Å². The lowest BCUT2D eigenvalue weighted by Gasteiger charge is -2.30. The van der Waals surface area contributed by atoms with E-state index < -0.39 is 12.6 Å². The van der Waals surface area contributed by atoms with E-state index in [0.717, 1.165) is 36.3 Å². The van der Waals surface area contributed by atoms with Crippen molar-refractivity contribution < 1.29 is 22.7 Å². The van der Waals surface area contributed by atoms with Gasteiger partial charge < -0.3 is 25.6 Å². The van der Waals surface area contributed by atoms with Crippen molar-refractivity contribution in [3.8, 4) is 17.6 Å². The highest BCUT2D eigenvalue weighted by molar-refractivity contribution is 7.20. The zero-order chi connectivity index (χ0) is 27.3. The molecule has 10 heteroatoms. The number of hydrogen-bond donors (Lipinski definition) is 3. The molecular weight excluding hydrogens is 513 g/mol. The predicted molar refractivity (Wildman–Crippen MR) is 147 cm³/mol. The van der Waals surface area contributed by atoms with Crippen LogP contribution in [0.5, 0.6) is 5.75 Å². The number of carbonyl (C=O) groups excluding carboxylic acids is 1. The molecule has 0 atom stereocenters. The van der Waals surface area contributed by atoms with Crippen molar-refractivity contribution in [3.05, 3.63) is 52.4 Å². The summed E-state index contributed by atoms with van der Waals surface area (Å²) >= 11 is 1.30. The molecule has 3 aromatic rings. The van der Waals surface area contributed by atoms with E-state index in [9.17, 15) is 18.0 Å². The highest BCUT2D eigenvalue weighted by Crippen LogP contribution is 2.39.